The van der Waals surface area contributed by atoms with Crippen LogP contribution in [0.4, 0.5) is 5.82 Å². The first-order chi connectivity index (χ1) is 9.93. The number of nitrogens with zero attached hydrogens (tertiary/aromatic N) is 3. The molecule has 0 unspecified atom stereocenters. The third-order valence-corrected chi connectivity index (χ3v) is 2.71. The van der Waals surface area contributed by atoms with Gasteiger partial charge in [-0.15, -0.1) is 0 Å². The van der Waals surface area contributed by atoms with Gasteiger partial charge in [0.15, 0.2) is 5.82 Å². The van der Waals surface area contributed by atoms with Crippen LogP contribution in [0, 0.1) is 0 Å². The molecule has 0 bridgehead atoms. The van der Waals surface area contributed by atoms with E-state index in [2.05, 4.69) is 4.99 Å². The Hall–Kier alpha value is -2.25. The summed E-state index contributed by atoms with van der Waals surface area (Å²) in [6.45, 7) is 4.58. The Morgan fingerprint density at radius 2 is 1.76 bits per heavy atom. The van der Waals surface area contributed by atoms with Crippen molar-refractivity contribution in [2.45, 2.75) is 26.7 Å². The van der Waals surface area contributed by atoms with Gasteiger partial charge in [0.2, 0.25) is 5.75 Å². The molecule has 1 rings (SSSR count). The van der Waals surface area contributed by atoms with Crippen molar-refractivity contribution >= 4 is 11.8 Å². The number of aromatic nitrogens is 2. The summed E-state index contributed by atoms with van der Waals surface area (Å²) < 4.78 is 12.8. The number of hydrogen-bond donors (Lipinski definition) is 1. The predicted molar refractivity (Wildman–Crippen MR) is 80.2 cm³/mol. The average Bonchev–Trinajstić information content (AvgIpc) is 2.48. The second-order valence-electron chi connectivity index (χ2n) is 4.51. The molecular formula is C13H22N4O4. The van der Waals surface area contributed by atoms with E-state index in [1.54, 1.807) is 0 Å². The van der Waals surface area contributed by atoms with Gasteiger partial charge >= 0.3 is 11.2 Å². The van der Waals surface area contributed by atoms with Gasteiger partial charge in [-0.05, 0) is 12.8 Å². The Morgan fingerprint density at radius 1 is 1.14 bits per heavy atom. The highest BCUT2D eigenvalue weighted by Gasteiger charge is 2.17. The molecule has 1 heterocycles. The number of aliphatic imine (C=N–C) groups is 1. The lowest BCUT2D eigenvalue weighted by atomic mass is 10.4. The number of rotatable bonds is 6. The zero-order valence-corrected chi connectivity index (χ0v) is 12.9. The molecule has 0 aliphatic carbocycles. The second-order valence-corrected chi connectivity index (χ2v) is 4.51. The normalized spacial score (nSPS) is 11.5. The van der Waals surface area contributed by atoms with E-state index in [4.69, 9.17) is 15.2 Å². The second kappa shape index (κ2) is 7.51. The molecule has 1 aromatic rings. The molecule has 21 heavy (non-hydrogen) atoms. The minimum atomic E-state index is -0.548. The maximum Gasteiger partial charge on any atom is 0.332 e. The Labute approximate surface area is 122 Å². The summed E-state index contributed by atoms with van der Waals surface area (Å²) in [7, 11) is 2.88. The summed E-state index contributed by atoms with van der Waals surface area (Å²) >= 11 is 0. The summed E-state index contributed by atoms with van der Waals surface area (Å²) in [4.78, 5) is 28.1. The van der Waals surface area contributed by atoms with Crippen molar-refractivity contribution in [3.05, 3.63) is 20.8 Å². The predicted octanol–water partition coefficient (Wildman–Crippen LogP) is 0.246. The monoisotopic (exact) mass is 298 g/mol. The highest BCUT2D eigenvalue weighted by Crippen LogP contribution is 2.21. The first-order valence-corrected chi connectivity index (χ1v) is 6.83. The Morgan fingerprint density at radius 3 is 2.33 bits per heavy atom. The number of ether oxygens (including phenoxy) is 2. The van der Waals surface area contributed by atoms with Crippen molar-refractivity contribution in [1.82, 2.24) is 9.13 Å². The van der Waals surface area contributed by atoms with E-state index in [9.17, 15) is 9.59 Å². The van der Waals surface area contributed by atoms with Crippen molar-refractivity contribution in [2.24, 2.45) is 24.8 Å². The molecule has 8 nitrogen and oxygen atoms in total. The van der Waals surface area contributed by atoms with Crippen LogP contribution < -0.4 is 21.7 Å². The van der Waals surface area contributed by atoms with Gasteiger partial charge in [-0.3, -0.25) is 13.9 Å². The van der Waals surface area contributed by atoms with Crippen LogP contribution in [0.1, 0.15) is 26.7 Å². The van der Waals surface area contributed by atoms with Crippen LogP contribution in [-0.4, -0.2) is 28.4 Å². The molecule has 118 valence electrons. The molecule has 0 aromatic carbocycles. The molecule has 8 heteroatoms. The lowest BCUT2D eigenvalue weighted by molar-refractivity contribution is 0.296. The maximum absolute atomic E-state index is 12.1. The van der Waals surface area contributed by atoms with Crippen molar-refractivity contribution in [3.63, 3.8) is 0 Å². The molecule has 0 atom stereocenters. The van der Waals surface area contributed by atoms with Gasteiger partial charge in [-0.2, -0.15) is 4.99 Å². The van der Waals surface area contributed by atoms with Crippen LogP contribution in [-0.2, 0) is 18.8 Å². The van der Waals surface area contributed by atoms with Crippen molar-refractivity contribution < 1.29 is 9.47 Å². The van der Waals surface area contributed by atoms with E-state index < -0.39 is 11.2 Å². The van der Waals surface area contributed by atoms with Gasteiger partial charge < -0.3 is 15.2 Å². The summed E-state index contributed by atoms with van der Waals surface area (Å²) in [5, 5.41) is 0. The summed E-state index contributed by atoms with van der Waals surface area (Å²) in [5.41, 5.74) is 4.59. The smallest absolute Gasteiger partial charge is 0.332 e. The molecule has 0 radical (unpaired) electrons. The van der Waals surface area contributed by atoms with Gasteiger partial charge in [0, 0.05) is 14.1 Å². The van der Waals surface area contributed by atoms with Gasteiger partial charge in [0.1, 0.15) is 0 Å². The van der Waals surface area contributed by atoms with E-state index >= 15 is 0 Å². The average molecular weight is 298 g/mol. The summed E-state index contributed by atoms with van der Waals surface area (Å²) in [5.74, 6) is 0.0506. The molecule has 1 aromatic heterocycles. The first kappa shape index (κ1) is 16.8. The third-order valence-electron chi connectivity index (χ3n) is 2.71. The van der Waals surface area contributed by atoms with E-state index in [1.165, 1.54) is 18.7 Å². The van der Waals surface area contributed by atoms with E-state index in [1.807, 2.05) is 13.8 Å². The highest BCUT2D eigenvalue weighted by molar-refractivity contribution is 5.75. The Bertz CT molecular complexity index is 630. The number of amidine groups is 1. The maximum atomic E-state index is 12.1. The third kappa shape index (κ3) is 3.87. The minimum absolute atomic E-state index is 0.00972. The van der Waals surface area contributed by atoms with Gasteiger partial charge in [0.25, 0.3) is 6.02 Å². The molecule has 0 amide bonds. The molecule has 0 aliphatic rings. The van der Waals surface area contributed by atoms with Crippen LogP contribution >= 0.6 is 0 Å². The number of hydrogen-bond acceptors (Lipinski definition) is 5. The summed E-state index contributed by atoms with van der Waals surface area (Å²) in [6, 6.07) is -0.110. The lowest BCUT2D eigenvalue weighted by Crippen LogP contribution is -2.37. The zero-order valence-electron chi connectivity index (χ0n) is 12.9. The highest BCUT2D eigenvalue weighted by atomic mass is 16.5. The van der Waals surface area contributed by atoms with E-state index in [0.717, 1.165) is 17.4 Å². The van der Waals surface area contributed by atoms with Crippen molar-refractivity contribution in [2.75, 3.05) is 13.2 Å². The van der Waals surface area contributed by atoms with Crippen LogP contribution in [0.5, 0.6) is 5.75 Å². The fraction of sp³-hybridized carbons (Fsp3) is 0.615. The fourth-order valence-corrected chi connectivity index (χ4v) is 1.60. The molecule has 0 spiro atoms. The Kier molecular flexibility index (Phi) is 6.01. The van der Waals surface area contributed by atoms with Crippen molar-refractivity contribution in [3.8, 4) is 5.75 Å². The zero-order chi connectivity index (χ0) is 16.0. The van der Waals surface area contributed by atoms with Crippen molar-refractivity contribution in [1.29, 1.82) is 0 Å². The largest absolute Gasteiger partial charge is 0.485 e. The van der Waals surface area contributed by atoms with Gasteiger partial charge in [-0.25, -0.2) is 4.79 Å². The Balaban J connectivity index is 3.40. The quantitative estimate of drug-likeness (QED) is 0.599. The number of nitrogens with two attached hydrogens (primary N) is 1. The van der Waals surface area contributed by atoms with Crippen LogP contribution in [0.25, 0.3) is 0 Å². The topological polar surface area (TPSA) is 101 Å². The van der Waals surface area contributed by atoms with E-state index in [0.29, 0.717) is 13.2 Å². The molecule has 0 saturated heterocycles. The van der Waals surface area contributed by atoms with Crippen LogP contribution in [0.2, 0.25) is 0 Å². The molecule has 0 fully saturated rings. The lowest BCUT2D eigenvalue weighted by Gasteiger charge is -2.13. The standard InChI is InChI=1S/C13H22N4O4/c1-5-7-20-9-10(15-12(14)21-8-6-2)16(3)13(19)17(4)11(9)18/h5-8H2,1-4H3,(H2,14,15). The van der Waals surface area contributed by atoms with Gasteiger partial charge in [0.05, 0.1) is 13.2 Å². The first-order valence-electron chi connectivity index (χ1n) is 6.83. The fourth-order valence-electron chi connectivity index (χ4n) is 1.60. The van der Waals surface area contributed by atoms with Crippen LogP contribution in [0.15, 0.2) is 14.6 Å². The summed E-state index contributed by atoms with van der Waals surface area (Å²) in [6.07, 6.45) is 1.49. The van der Waals surface area contributed by atoms with E-state index in [-0.39, 0.29) is 17.6 Å². The minimum Gasteiger partial charge on any atom is -0.485 e. The molecular weight excluding hydrogens is 276 g/mol. The molecule has 0 aliphatic heterocycles. The molecule has 0 saturated carbocycles. The van der Waals surface area contributed by atoms with Crippen LogP contribution in [0.3, 0.4) is 0 Å². The van der Waals surface area contributed by atoms with Gasteiger partial charge in [-0.1, -0.05) is 13.8 Å². The SMILES string of the molecule is CCCO/C(N)=N/c1c(OCCC)c(=O)n(C)c(=O)n1C. The molecule has 2 N–H and O–H groups in total.